The average molecular weight is 508 g/mol. The number of hydrogen-bond acceptors (Lipinski definition) is 6. The normalized spacial score (nSPS) is 14.8. The minimum absolute atomic E-state index is 0.227. The van der Waals surface area contributed by atoms with Gasteiger partial charge in [-0.1, -0.05) is 54.6 Å². The fourth-order valence-corrected chi connectivity index (χ4v) is 4.72. The van der Waals surface area contributed by atoms with Crippen LogP contribution in [0.15, 0.2) is 90.0 Å². The lowest BCUT2D eigenvalue weighted by atomic mass is 9.95. The Hall–Kier alpha value is -4.65. The van der Waals surface area contributed by atoms with Crippen LogP contribution in [0, 0.1) is 0 Å². The van der Waals surface area contributed by atoms with Gasteiger partial charge in [-0.3, -0.25) is 9.59 Å². The SMILES string of the molecule is COc1cc(C=O)ccc1OCC(=O)N1N=C(c2cccc3ccccc23)CC1c1ccc(N(C)C)cc1. The molecule has 4 aromatic carbocycles. The Labute approximate surface area is 221 Å². The number of anilines is 1. The molecule has 1 unspecified atom stereocenters. The topological polar surface area (TPSA) is 71.4 Å². The molecule has 0 aliphatic carbocycles. The van der Waals surface area contributed by atoms with E-state index >= 15 is 0 Å². The quantitative estimate of drug-likeness (QED) is 0.295. The molecule has 0 spiro atoms. The number of aldehydes is 1. The maximum Gasteiger partial charge on any atom is 0.281 e. The third-order valence-electron chi connectivity index (χ3n) is 6.74. The third kappa shape index (κ3) is 4.95. The second-order valence-electron chi connectivity index (χ2n) is 9.33. The molecule has 38 heavy (non-hydrogen) atoms. The largest absolute Gasteiger partial charge is 0.493 e. The number of hydrogen-bond donors (Lipinski definition) is 0. The summed E-state index contributed by atoms with van der Waals surface area (Å²) in [6.45, 7) is -0.227. The fraction of sp³-hybridized carbons (Fsp3) is 0.194. The van der Waals surface area contributed by atoms with Gasteiger partial charge in [-0.05, 0) is 46.7 Å². The third-order valence-corrected chi connectivity index (χ3v) is 6.74. The highest BCUT2D eigenvalue weighted by atomic mass is 16.5. The summed E-state index contributed by atoms with van der Waals surface area (Å²) < 4.78 is 11.2. The highest BCUT2D eigenvalue weighted by Crippen LogP contribution is 2.36. The Kier molecular flexibility index (Phi) is 7.09. The number of benzene rings is 4. The number of nitrogens with zero attached hydrogens (tertiary/aromatic N) is 3. The van der Waals surface area contributed by atoms with E-state index in [2.05, 4.69) is 24.3 Å². The van der Waals surface area contributed by atoms with E-state index < -0.39 is 0 Å². The van der Waals surface area contributed by atoms with Crippen LogP contribution in [0.2, 0.25) is 0 Å². The van der Waals surface area contributed by atoms with Crippen molar-refractivity contribution in [3.63, 3.8) is 0 Å². The zero-order valence-electron chi connectivity index (χ0n) is 21.6. The number of ether oxygens (including phenoxy) is 2. The number of carbonyl (C=O) groups excluding carboxylic acids is 2. The van der Waals surface area contributed by atoms with Crippen LogP contribution in [0.3, 0.4) is 0 Å². The minimum atomic E-state index is -0.275. The van der Waals surface area contributed by atoms with Crippen LogP contribution in [-0.2, 0) is 4.79 Å². The van der Waals surface area contributed by atoms with Crippen LogP contribution in [0.5, 0.6) is 11.5 Å². The number of methoxy groups -OCH3 is 1. The van der Waals surface area contributed by atoms with Crippen LogP contribution < -0.4 is 14.4 Å². The molecule has 7 heteroatoms. The number of amides is 1. The van der Waals surface area contributed by atoms with Crippen LogP contribution >= 0.6 is 0 Å². The first kappa shape index (κ1) is 25.0. The van der Waals surface area contributed by atoms with Crippen molar-refractivity contribution in [3.8, 4) is 11.5 Å². The Morgan fingerprint density at radius 3 is 2.50 bits per heavy atom. The summed E-state index contributed by atoms with van der Waals surface area (Å²) >= 11 is 0. The van der Waals surface area contributed by atoms with Crippen molar-refractivity contribution < 1.29 is 19.1 Å². The summed E-state index contributed by atoms with van der Waals surface area (Å²) in [5.74, 6) is 0.499. The van der Waals surface area contributed by atoms with Crippen LogP contribution in [0.4, 0.5) is 5.69 Å². The highest BCUT2D eigenvalue weighted by Gasteiger charge is 2.34. The van der Waals surface area contributed by atoms with Crippen LogP contribution in [0.1, 0.15) is 33.9 Å². The molecule has 1 heterocycles. The molecule has 0 saturated heterocycles. The maximum atomic E-state index is 13.5. The molecule has 1 atom stereocenters. The van der Waals surface area contributed by atoms with E-state index in [4.69, 9.17) is 14.6 Å². The fourth-order valence-electron chi connectivity index (χ4n) is 4.72. The number of fused-ring (bicyclic) bond motifs is 1. The molecular formula is C31H29N3O4. The average Bonchev–Trinajstić information content (AvgIpc) is 3.41. The predicted octanol–water partition coefficient (Wildman–Crippen LogP) is 5.48. The molecule has 1 amide bonds. The van der Waals surface area contributed by atoms with E-state index in [1.54, 1.807) is 18.2 Å². The van der Waals surface area contributed by atoms with Gasteiger partial charge in [-0.15, -0.1) is 0 Å². The van der Waals surface area contributed by atoms with E-state index in [-0.39, 0.29) is 18.6 Å². The summed E-state index contributed by atoms with van der Waals surface area (Å²) in [5, 5.41) is 8.60. The maximum absolute atomic E-state index is 13.5. The molecule has 0 N–H and O–H groups in total. The van der Waals surface area contributed by atoms with E-state index in [9.17, 15) is 9.59 Å². The monoisotopic (exact) mass is 507 g/mol. The first-order valence-electron chi connectivity index (χ1n) is 12.4. The molecule has 0 fully saturated rings. The molecule has 0 radical (unpaired) electrons. The molecule has 1 aliphatic rings. The summed E-state index contributed by atoms with van der Waals surface area (Å²) in [4.78, 5) is 26.7. The van der Waals surface area contributed by atoms with E-state index in [1.165, 1.54) is 12.1 Å². The predicted molar refractivity (Wildman–Crippen MR) is 149 cm³/mol. The summed E-state index contributed by atoms with van der Waals surface area (Å²) in [6.07, 6.45) is 1.32. The van der Waals surface area contributed by atoms with Crippen LogP contribution in [-0.4, -0.2) is 50.7 Å². The molecule has 4 aromatic rings. The molecule has 0 bridgehead atoms. The van der Waals surface area contributed by atoms with E-state index in [0.717, 1.165) is 39.6 Å². The molecular weight excluding hydrogens is 478 g/mol. The van der Waals surface area contributed by atoms with Gasteiger partial charge in [0, 0.05) is 37.3 Å². The van der Waals surface area contributed by atoms with Gasteiger partial charge in [0.2, 0.25) is 0 Å². The molecule has 7 nitrogen and oxygen atoms in total. The number of carbonyl (C=O) groups is 2. The Morgan fingerprint density at radius 1 is 1.00 bits per heavy atom. The smallest absolute Gasteiger partial charge is 0.281 e. The van der Waals surface area contributed by atoms with Gasteiger partial charge >= 0.3 is 0 Å². The first-order chi connectivity index (χ1) is 18.5. The lowest BCUT2D eigenvalue weighted by Crippen LogP contribution is -2.31. The van der Waals surface area contributed by atoms with Crippen molar-refractivity contribution in [1.82, 2.24) is 5.01 Å². The van der Waals surface area contributed by atoms with Crippen molar-refractivity contribution >= 4 is 34.4 Å². The lowest BCUT2D eigenvalue weighted by Gasteiger charge is -2.23. The second kappa shape index (κ2) is 10.8. The Balaban J connectivity index is 1.46. The molecule has 5 rings (SSSR count). The number of rotatable bonds is 8. The van der Waals surface area contributed by atoms with Gasteiger partial charge in [0.05, 0.1) is 18.9 Å². The summed E-state index contributed by atoms with van der Waals surface area (Å²) in [7, 11) is 5.48. The molecule has 192 valence electrons. The Bertz CT molecular complexity index is 1510. The lowest BCUT2D eigenvalue weighted by molar-refractivity contribution is -0.135. The van der Waals surface area contributed by atoms with Crippen LogP contribution in [0.25, 0.3) is 10.8 Å². The van der Waals surface area contributed by atoms with E-state index in [0.29, 0.717) is 23.5 Å². The molecule has 0 aromatic heterocycles. The zero-order valence-corrected chi connectivity index (χ0v) is 21.6. The van der Waals surface area contributed by atoms with Gasteiger partial charge in [-0.25, -0.2) is 5.01 Å². The minimum Gasteiger partial charge on any atom is -0.493 e. The van der Waals surface area contributed by atoms with Crippen molar-refractivity contribution in [1.29, 1.82) is 0 Å². The molecule has 1 aliphatic heterocycles. The first-order valence-corrected chi connectivity index (χ1v) is 12.4. The van der Waals surface area contributed by atoms with Crippen molar-refractivity contribution in [2.45, 2.75) is 12.5 Å². The standard InChI is InChI=1S/C31H29N3O4/c1-33(2)24-14-12-23(13-15-24)28-18-27(26-10-6-8-22-7-4-5-9-25(22)26)32-34(28)31(36)20-38-29-16-11-21(19-35)17-30(29)37-3/h4-17,19,28H,18,20H2,1-3H3. The summed E-state index contributed by atoms with van der Waals surface area (Å²) in [6, 6.07) is 27.1. The van der Waals surface area contributed by atoms with Crippen molar-refractivity contribution in [2.75, 3.05) is 32.7 Å². The van der Waals surface area contributed by atoms with Crippen molar-refractivity contribution in [3.05, 3.63) is 102 Å². The zero-order chi connectivity index (χ0) is 26.6. The Morgan fingerprint density at radius 2 is 1.76 bits per heavy atom. The van der Waals surface area contributed by atoms with E-state index in [1.807, 2.05) is 61.5 Å². The van der Waals surface area contributed by atoms with Gasteiger partial charge in [0.25, 0.3) is 5.91 Å². The van der Waals surface area contributed by atoms with Gasteiger partial charge in [-0.2, -0.15) is 5.10 Å². The number of hydrazone groups is 1. The second-order valence-corrected chi connectivity index (χ2v) is 9.33. The molecule has 0 saturated carbocycles. The highest BCUT2D eigenvalue weighted by molar-refractivity contribution is 6.12. The van der Waals surface area contributed by atoms with Gasteiger partial charge in [0.1, 0.15) is 6.29 Å². The van der Waals surface area contributed by atoms with Gasteiger partial charge in [0.15, 0.2) is 18.1 Å². The summed E-state index contributed by atoms with van der Waals surface area (Å²) in [5.41, 5.74) is 4.40. The van der Waals surface area contributed by atoms with Gasteiger partial charge < -0.3 is 14.4 Å². The van der Waals surface area contributed by atoms with Crippen molar-refractivity contribution in [2.24, 2.45) is 5.10 Å².